The molecule has 0 saturated carbocycles. The molecule has 0 fully saturated rings. The second kappa shape index (κ2) is 3.42. The molecule has 0 spiro atoms. The number of hydrogen-bond donors (Lipinski definition) is 0. The molecule has 12 heteroatoms. The summed E-state index contributed by atoms with van der Waals surface area (Å²) in [6, 6.07) is 0. The summed E-state index contributed by atoms with van der Waals surface area (Å²) in [5.41, 5.74) is 0. The zero-order valence-corrected chi connectivity index (χ0v) is 6.27. The van der Waals surface area contributed by atoms with E-state index in [4.69, 9.17) is 0 Å². The van der Waals surface area contributed by atoms with Gasteiger partial charge >= 0.3 is 25.3 Å². The topological polar surface area (TPSA) is 9.23 Å². The van der Waals surface area contributed by atoms with Crippen LogP contribution in [0.1, 0.15) is 0 Å². The van der Waals surface area contributed by atoms with E-state index >= 15 is 0 Å². The third-order valence-corrected chi connectivity index (χ3v) is 1.04. The quantitative estimate of drug-likeness (QED) is 0.554. The van der Waals surface area contributed by atoms with Gasteiger partial charge in [0.05, 0.1) is 0 Å². The summed E-state index contributed by atoms with van der Waals surface area (Å²) in [5, 5.41) is 0. The van der Waals surface area contributed by atoms with Gasteiger partial charge in [-0.15, -0.1) is 13.2 Å². The molecule has 92 valence electrons. The molecular formula is C3BF10O-. The van der Waals surface area contributed by atoms with Crippen LogP contribution in [0, 0.1) is 0 Å². The van der Waals surface area contributed by atoms with Gasteiger partial charge in [-0.05, 0) is 0 Å². The Balaban J connectivity index is 5.03. The number of alkyl halides is 7. The van der Waals surface area contributed by atoms with Crippen LogP contribution in [0.15, 0.2) is 0 Å². The van der Waals surface area contributed by atoms with Gasteiger partial charge in [-0.2, -0.15) is 8.78 Å². The first-order valence-electron chi connectivity index (χ1n) is 2.92. The molecule has 0 aliphatic heterocycles. The lowest BCUT2D eigenvalue weighted by molar-refractivity contribution is -0.456. The molecular weight excluding hydrogens is 253 g/mol. The number of ether oxygens (including phenoxy) is 1. The van der Waals surface area contributed by atoms with Crippen LogP contribution in [0.25, 0.3) is 0 Å². The summed E-state index contributed by atoms with van der Waals surface area (Å²) in [6.07, 6.45) is -13.0. The summed E-state index contributed by atoms with van der Waals surface area (Å²) >= 11 is 0. The van der Waals surface area contributed by atoms with Crippen molar-refractivity contribution < 1.29 is 48.4 Å². The summed E-state index contributed by atoms with van der Waals surface area (Å²) in [7, 11) is 0. The minimum atomic E-state index is -7.52. The summed E-state index contributed by atoms with van der Waals surface area (Å²) in [6.45, 7) is -7.52. The minimum Gasteiger partial charge on any atom is -0.445 e. The second-order valence-electron chi connectivity index (χ2n) is 2.26. The fourth-order valence-corrected chi connectivity index (χ4v) is 0.404. The SMILES string of the molecule is F[B-](F)(F)C(F)(F)C(F)(F)OC(F)(F)F. The minimum absolute atomic E-state index is 1.43. The van der Waals surface area contributed by atoms with E-state index in [9.17, 15) is 43.7 Å². The van der Waals surface area contributed by atoms with Gasteiger partial charge in [0.25, 0.3) is 0 Å². The Kier molecular flexibility index (Phi) is 3.27. The van der Waals surface area contributed by atoms with Crippen molar-refractivity contribution in [2.45, 2.75) is 18.3 Å². The van der Waals surface area contributed by atoms with Gasteiger partial charge in [-0.1, -0.05) is 0 Å². The number of rotatable bonds is 3. The highest BCUT2D eigenvalue weighted by molar-refractivity contribution is 6.61. The molecule has 0 bridgehead atoms. The molecule has 0 unspecified atom stereocenters. The van der Waals surface area contributed by atoms with Gasteiger partial charge in [0.15, 0.2) is 0 Å². The highest BCUT2D eigenvalue weighted by Crippen LogP contribution is 2.46. The summed E-state index contributed by atoms with van der Waals surface area (Å²) in [5.74, 6) is -6.87. The summed E-state index contributed by atoms with van der Waals surface area (Å²) < 4.78 is 116. The molecule has 0 rings (SSSR count). The first kappa shape index (κ1) is 14.3. The Bertz CT molecular complexity index is 226. The average molecular weight is 253 g/mol. The molecule has 0 N–H and O–H groups in total. The largest absolute Gasteiger partial charge is 0.558 e. The molecule has 0 amide bonds. The molecule has 15 heavy (non-hydrogen) atoms. The van der Waals surface area contributed by atoms with Crippen LogP contribution in [0.5, 0.6) is 0 Å². The fourth-order valence-electron chi connectivity index (χ4n) is 0.404. The van der Waals surface area contributed by atoms with E-state index in [1.807, 2.05) is 0 Å². The number of hydrogen-bond acceptors (Lipinski definition) is 1. The molecule has 1 nitrogen and oxygen atoms in total. The van der Waals surface area contributed by atoms with Crippen molar-refractivity contribution in [2.75, 3.05) is 0 Å². The normalized spacial score (nSPS) is 15.6. The standard InChI is InChI=1S/C3BF10O/c5-1(6,4(12,13)14)2(7,8)15-3(9,10)11/q-1. The van der Waals surface area contributed by atoms with Crippen molar-refractivity contribution in [3.63, 3.8) is 0 Å². The average Bonchev–Trinajstić information content (AvgIpc) is 1.77. The molecule has 0 aliphatic carbocycles. The molecule has 0 radical (unpaired) electrons. The predicted octanol–water partition coefficient (Wildman–Crippen LogP) is 3.14. The monoisotopic (exact) mass is 253 g/mol. The van der Waals surface area contributed by atoms with E-state index in [0.717, 1.165) is 0 Å². The van der Waals surface area contributed by atoms with E-state index in [0.29, 0.717) is 0 Å². The third-order valence-electron chi connectivity index (χ3n) is 1.04. The lowest BCUT2D eigenvalue weighted by atomic mass is 9.80. The van der Waals surface area contributed by atoms with Gasteiger partial charge in [0.1, 0.15) is 0 Å². The molecule has 0 aromatic heterocycles. The van der Waals surface area contributed by atoms with E-state index in [1.165, 1.54) is 4.74 Å². The van der Waals surface area contributed by atoms with E-state index in [-0.39, 0.29) is 0 Å². The maximum atomic E-state index is 11.8. The van der Waals surface area contributed by atoms with E-state index in [2.05, 4.69) is 0 Å². The lowest BCUT2D eigenvalue weighted by Gasteiger charge is -2.33. The Morgan fingerprint density at radius 1 is 0.733 bits per heavy atom. The zero-order valence-electron chi connectivity index (χ0n) is 6.27. The first-order valence-corrected chi connectivity index (χ1v) is 2.92. The van der Waals surface area contributed by atoms with Crippen molar-refractivity contribution in [2.24, 2.45) is 0 Å². The lowest BCUT2D eigenvalue weighted by Crippen LogP contribution is -2.58. The van der Waals surface area contributed by atoms with Crippen molar-refractivity contribution in [1.29, 1.82) is 0 Å². The Labute approximate surface area is 75.0 Å². The van der Waals surface area contributed by atoms with Crippen LogP contribution in [0.2, 0.25) is 0 Å². The van der Waals surface area contributed by atoms with Crippen LogP contribution in [-0.2, 0) is 4.74 Å². The number of halogens is 10. The highest BCUT2D eigenvalue weighted by Gasteiger charge is 2.72. The van der Waals surface area contributed by atoms with Crippen molar-refractivity contribution in [1.82, 2.24) is 0 Å². The van der Waals surface area contributed by atoms with Gasteiger partial charge in [-0.3, -0.25) is 0 Å². The third kappa shape index (κ3) is 3.14. The molecule has 0 atom stereocenters. The molecule has 0 aromatic carbocycles. The molecule has 0 aliphatic rings. The Morgan fingerprint density at radius 2 is 1.07 bits per heavy atom. The van der Waals surface area contributed by atoms with Crippen LogP contribution < -0.4 is 0 Å². The smallest absolute Gasteiger partial charge is 0.445 e. The van der Waals surface area contributed by atoms with Crippen LogP contribution in [-0.4, -0.2) is 25.3 Å². The van der Waals surface area contributed by atoms with Crippen molar-refractivity contribution in [3.05, 3.63) is 0 Å². The molecule has 0 aromatic rings. The van der Waals surface area contributed by atoms with Crippen LogP contribution in [0.3, 0.4) is 0 Å². The summed E-state index contributed by atoms with van der Waals surface area (Å²) in [4.78, 5) is 0. The van der Waals surface area contributed by atoms with Gasteiger partial charge in [0, 0.05) is 0 Å². The second-order valence-corrected chi connectivity index (χ2v) is 2.26. The van der Waals surface area contributed by atoms with Crippen molar-refractivity contribution in [3.8, 4) is 0 Å². The molecule has 0 heterocycles. The van der Waals surface area contributed by atoms with E-state index < -0.39 is 25.3 Å². The maximum absolute atomic E-state index is 11.8. The first-order chi connectivity index (χ1) is 6.21. The van der Waals surface area contributed by atoms with Gasteiger partial charge in [-0.25, -0.2) is 13.5 Å². The Hall–Kier alpha value is -0.675. The predicted molar refractivity (Wildman–Crippen MR) is 26.1 cm³/mol. The maximum Gasteiger partial charge on any atom is 0.558 e. The van der Waals surface area contributed by atoms with Crippen molar-refractivity contribution >= 4 is 6.98 Å². The zero-order chi connectivity index (χ0) is 12.7. The fraction of sp³-hybridized carbons (Fsp3) is 1.00. The van der Waals surface area contributed by atoms with Gasteiger partial charge in [0.2, 0.25) is 0 Å². The van der Waals surface area contributed by atoms with Crippen LogP contribution in [0.4, 0.5) is 43.7 Å². The molecule has 0 saturated heterocycles. The van der Waals surface area contributed by atoms with E-state index in [1.54, 1.807) is 0 Å². The van der Waals surface area contributed by atoms with Crippen LogP contribution >= 0.6 is 0 Å². The highest BCUT2D eigenvalue weighted by atomic mass is 19.4. The Morgan fingerprint density at radius 3 is 1.27 bits per heavy atom. The van der Waals surface area contributed by atoms with Gasteiger partial charge < -0.3 is 12.9 Å².